The number of carbonyl (C=O) groups is 1. The van der Waals surface area contributed by atoms with E-state index in [0.29, 0.717) is 28.0 Å². The van der Waals surface area contributed by atoms with Gasteiger partial charge in [-0.2, -0.15) is 18.3 Å². The molecule has 1 N–H and O–H groups in total. The van der Waals surface area contributed by atoms with Crippen molar-refractivity contribution in [2.75, 3.05) is 6.61 Å². The number of nitrogens with zero attached hydrogens (tertiary/aromatic N) is 1. The molecule has 0 spiro atoms. The highest BCUT2D eigenvalue weighted by atomic mass is 35.5. The Morgan fingerprint density at radius 1 is 1.13 bits per heavy atom. The molecule has 2 rings (SSSR count). The van der Waals surface area contributed by atoms with Crippen LogP contribution >= 0.6 is 23.2 Å². The van der Waals surface area contributed by atoms with Crippen molar-refractivity contribution in [1.29, 1.82) is 0 Å². The van der Waals surface area contributed by atoms with E-state index in [9.17, 15) is 18.0 Å². The van der Waals surface area contributed by atoms with Crippen molar-refractivity contribution in [3.8, 4) is 5.75 Å². The van der Waals surface area contributed by atoms with Gasteiger partial charge in [0.15, 0.2) is 5.75 Å². The van der Waals surface area contributed by atoms with Crippen LogP contribution in [0, 0.1) is 0 Å². The van der Waals surface area contributed by atoms with Crippen LogP contribution in [0.15, 0.2) is 41.5 Å². The molecule has 4 nitrogen and oxygen atoms in total. The number of benzene rings is 2. The molecule has 0 aliphatic carbocycles. The highest BCUT2D eigenvalue weighted by molar-refractivity contribution is 6.37. The molecule has 0 saturated carbocycles. The fourth-order valence-corrected chi connectivity index (χ4v) is 3.17. The Bertz CT molecular complexity index is 879. The van der Waals surface area contributed by atoms with E-state index in [-0.39, 0.29) is 5.56 Å². The number of alkyl halides is 3. The summed E-state index contributed by atoms with van der Waals surface area (Å²) in [6, 6.07) is 7.19. The van der Waals surface area contributed by atoms with E-state index in [1.54, 1.807) is 12.1 Å². The van der Waals surface area contributed by atoms with E-state index >= 15 is 0 Å². The van der Waals surface area contributed by atoms with Crippen LogP contribution in [0.2, 0.25) is 10.0 Å². The number of halogens is 5. The van der Waals surface area contributed by atoms with Gasteiger partial charge < -0.3 is 4.74 Å². The third-order valence-electron chi connectivity index (χ3n) is 4.10. The summed E-state index contributed by atoms with van der Waals surface area (Å²) in [7, 11) is 0. The number of rotatable bonds is 9. The Balaban J connectivity index is 1.98. The zero-order valence-electron chi connectivity index (χ0n) is 16.2. The molecule has 0 bridgehead atoms. The quantitative estimate of drug-likeness (QED) is 0.256. The first-order valence-corrected chi connectivity index (χ1v) is 10.1. The van der Waals surface area contributed by atoms with Gasteiger partial charge in [0.25, 0.3) is 5.91 Å². The van der Waals surface area contributed by atoms with E-state index < -0.39 is 17.6 Å². The molecule has 2 aromatic rings. The van der Waals surface area contributed by atoms with Crippen LogP contribution in [0.3, 0.4) is 0 Å². The van der Waals surface area contributed by atoms with Gasteiger partial charge in [0.1, 0.15) is 0 Å². The molecule has 0 aromatic heterocycles. The normalized spacial score (nSPS) is 11.7. The molecule has 0 fully saturated rings. The van der Waals surface area contributed by atoms with Crippen molar-refractivity contribution in [2.24, 2.45) is 5.10 Å². The van der Waals surface area contributed by atoms with Crippen molar-refractivity contribution in [3.63, 3.8) is 0 Å². The molecular formula is C21H21Cl2F3N2O2. The monoisotopic (exact) mass is 460 g/mol. The van der Waals surface area contributed by atoms with E-state index in [0.717, 1.165) is 43.9 Å². The fourth-order valence-electron chi connectivity index (χ4n) is 2.56. The number of hydrogen-bond donors (Lipinski definition) is 1. The predicted octanol–water partition coefficient (Wildman–Crippen LogP) is 6.74. The van der Waals surface area contributed by atoms with Gasteiger partial charge in [0.2, 0.25) is 0 Å². The minimum absolute atomic E-state index is 0.162. The van der Waals surface area contributed by atoms with Gasteiger partial charge in [0.05, 0.1) is 28.4 Å². The van der Waals surface area contributed by atoms with Crippen LogP contribution in [0.1, 0.15) is 54.1 Å². The smallest absolute Gasteiger partial charge is 0.416 e. The summed E-state index contributed by atoms with van der Waals surface area (Å²) in [6.45, 7) is 2.62. The van der Waals surface area contributed by atoms with Crippen LogP contribution in [0.25, 0.3) is 0 Å². The third-order valence-corrected chi connectivity index (χ3v) is 4.66. The first kappa shape index (κ1) is 24.0. The number of carbonyl (C=O) groups excluding carboxylic acids is 1. The number of hydrazone groups is 1. The molecule has 0 aliphatic heterocycles. The summed E-state index contributed by atoms with van der Waals surface area (Å²) in [4.78, 5) is 12.0. The van der Waals surface area contributed by atoms with Gasteiger partial charge in [0, 0.05) is 5.56 Å². The largest absolute Gasteiger partial charge is 0.490 e. The van der Waals surface area contributed by atoms with Gasteiger partial charge in [-0.3, -0.25) is 4.79 Å². The highest BCUT2D eigenvalue weighted by Gasteiger charge is 2.30. The molecule has 0 saturated heterocycles. The summed E-state index contributed by atoms with van der Waals surface area (Å²) in [5.41, 5.74) is 1.60. The van der Waals surface area contributed by atoms with Crippen LogP contribution in [-0.4, -0.2) is 18.7 Å². The maximum absolute atomic E-state index is 12.7. The lowest BCUT2D eigenvalue weighted by Crippen LogP contribution is -2.18. The van der Waals surface area contributed by atoms with E-state index in [4.69, 9.17) is 27.9 Å². The maximum atomic E-state index is 12.7. The SMILES string of the molecule is CCCCCCOc1c(Cl)cc(/C=N/NC(=O)c2cccc(C(F)(F)F)c2)cc1Cl. The molecule has 0 heterocycles. The molecule has 1 amide bonds. The lowest BCUT2D eigenvalue weighted by Gasteiger charge is -2.10. The number of unbranched alkanes of at least 4 members (excludes halogenated alkanes) is 3. The number of amides is 1. The van der Waals surface area contributed by atoms with Gasteiger partial charge in [-0.05, 0) is 42.3 Å². The topological polar surface area (TPSA) is 50.7 Å². The summed E-state index contributed by atoms with van der Waals surface area (Å²) < 4.78 is 43.9. The molecule has 0 unspecified atom stereocenters. The standard InChI is InChI=1S/C21H21Cl2F3N2O2/c1-2-3-4-5-9-30-19-17(22)10-14(11-18(19)23)13-27-28-20(29)15-7-6-8-16(12-15)21(24,25)26/h6-8,10-13H,2-5,9H2,1H3,(H,28,29)/b27-13+. The van der Waals surface area contributed by atoms with Crippen molar-refractivity contribution < 1.29 is 22.7 Å². The Morgan fingerprint density at radius 2 is 1.83 bits per heavy atom. The van der Waals surface area contributed by atoms with Crippen LogP contribution < -0.4 is 10.2 Å². The molecular weight excluding hydrogens is 440 g/mol. The fraction of sp³-hybridized carbons (Fsp3) is 0.333. The molecule has 0 aliphatic rings. The van der Waals surface area contributed by atoms with Crippen molar-refractivity contribution >= 4 is 35.3 Å². The zero-order chi connectivity index (χ0) is 22.1. The Labute approximate surface area is 183 Å². The Kier molecular flexibility index (Phi) is 8.99. The lowest BCUT2D eigenvalue weighted by molar-refractivity contribution is -0.137. The molecule has 30 heavy (non-hydrogen) atoms. The first-order chi connectivity index (χ1) is 14.2. The van der Waals surface area contributed by atoms with E-state index in [1.807, 2.05) is 0 Å². The summed E-state index contributed by atoms with van der Waals surface area (Å²) in [6.07, 6.45) is 0.959. The van der Waals surface area contributed by atoms with Crippen LogP contribution in [0.5, 0.6) is 5.75 Å². The Morgan fingerprint density at radius 3 is 2.47 bits per heavy atom. The molecule has 2 aromatic carbocycles. The van der Waals surface area contributed by atoms with Crippen molar-refractivity contribution in [2.45, 2.75) is 38.8 Å². The minimum Gasteiger partial charge on any atom is -0.490 e. The zero-order valence-corrected chi connectivity index (χ0v) is 17.7. The Hall–Kier alpha value is -2.25. The predicted molar refractivity (Wildman–Crippen MR) is 113 cm³/mol. The van der Waals surface area contributed by atoms with Crippen LogP contribution in [-0.2, 0) is 6.18 Å². The minimum atomic E-state index is -4.53. The average molecular weight is 461 g/mol. The summed E-state index contributed by atoms with van der Waals surface area (Å²) in [5.74, 6) is -0.401. The number of ether oxygens (including phenoxy) is 1. The average Bonchev–Trinajstić information content (AvgIpc) is 2.69. The second-order valence-electron chi connectivity index (χ2n) is 6.50. The van der Waals surface area contributed by atoms with E-state index in [1.165, 1.54) is 12.3 Å². The van der Waals surface area contributed by atoms with Crippen molar-refractivity contribution in [1.82, 2.24) is 5.43 Å². The highest BCUT2D eigenvalue weighted by Crippen LogP contribution is 2.34. The van der Waals surface area contributed by atoms with Crippen molar-refractivity contribution in [3.05, 3.63) is 63.1 Å². The maximum Gasteiger partial charge on any atom is 0.416 e. The number of hydrogen-bond acceptors (Lipinski definition) is 3. The molecule has 162 valence electrons. The second kappa shape index (κ2) is 11.2. The lowest BCUT2D eigenvalue weighted by atomic mass is 10.1. The second-order valence-corrected chi connectivity index (χ2v) is 7.31. The molecule has 9 heteroatoms. The van der Waals surface area contributed by atoms with Gasteiger partial charge in [-0.25, -0.2) is 5.43 Å². The van der Waals surface area contributed by atoms with Gasteiger partial charge >= 0.3 is 6.18 Å². The third kappa shape index (κ3) is 7.22. The first-order valence-electron chi connectivity index (χ1n) is 9.35. The molecule has 0 atom stereocenters. The van der Waals surface area contributed by atoms with E-state index in [2.05, 4.69) is 17.5 Å². The van der Waals surface area contributed by atoms with Gasteiger partial charge in [-0.1, -0.05) is 55.5 Å². The number of nitrogens with one attached hydrogen (secondary N) is 1. The molecule has 0 radical (unpaired) electrons. The van der Waals surface area contributed by atoms with Gasteiger partial charge in [-0.15, -0.1) is 0 Å². The summed E-state index contributed by atoms with van der Waals surface area (Å²) in [5, 5.41) is 4.34. The van der Waals surface area contributed by atoms with Crippen LogP contribution in [0.4, 0.5) is 13.2 Å². The summed E-state index contributed by atoms with van der Waals surface area (Å²) >= 11 is 12.4.